The van der Waals surface area contributed by atoms with E-state index < -0.39 is 23.9 Å². The molecule has 1 rings (SSSR count). The molecule has 0 radical (unpaired) electrons. The van der Waals surface area contributed by atoms with E-state index in [4.69, 9.17) is 0 Å². The molecule has 6 heteroatoms. The van der Waals surface area contributed by atoms with Crippen molar-refractivity contribution in [1.29, 1.82) is 0 Å². The van der Waals surface area contributed by atoms with Gasteiger partial charge in [-0.3, -0.25) is 0 Å². The van der Waals surface area contributed by atoms with Crippen LogP contribution in [0.4, 0.5) is 13.2 Å². The highest BCUT2D eigenvalue weighted by Gasteiger charge is 2.31. The summed E-state index contributed by atoms with van der Waals surface area (Å²) in [5.74, 6) is 0. The van der Waals surface area contributed by atoms with Crippen molar-refractivity contribution < 1.29 is 23.4 Å². The Bertz CT molecular complexity index is 421. The van der Waals surface area contributed by atoms with Gasteiger partial charge in [-0.05, 0) is 50.2 Å². The highest BCUT2D eigenvalue weighted by molar-refractivity contribution is 5.34. The number of hydrogen-bond acceptors (Lipinski definition) is 3. The van der Waals surface area contributed by atoms with Gasteiger partial charge in [-0.15, -0.1) is 0 Å². The molecule has 1 aromatic carbocycles. The standard InChI is InChI=1S/C13H18F3NO2/c1-8-7-9(13(14,15)16)3-4-10(8)12(19)11(18)5-6-17-2/h3-4,7,11-12,17-19H,5-6H2,1-2H3. The highest BCUT2D eigenvalue weighted by Crippen LogP contribution is 2.32. The summed E-state index contributed by atoms with van der Waals surface area (Å²) in [7, 11) is 1.71. The van der Waals surface area contributed by atoms with Gasteiger partial charge in [-0.1, -0.05) is 6.07 Å². The lowest BCUT2D eigenvalue weighted by Crippen LogP contribution is -2.24. The second kappa shape index (κ2) is 6.36. The largest absolute Gasteiger partial charge is 0.416 e. The van der Waals surface area contributed by atoms with Gasteiger partial charge in [0.1, 0.15) is 6.10 Å². The van der Waals surface area contributed by atoms with Crippen molar-refractivity contribution in [2.24, 2.45) is 0 Å². The first-order chi connectivity index (χ1) is 8.77. The average molecular weight is 277 g/mol. The normalized spacial score (nSPS) is 15.3. The first kappa shape index (κ1) is 15.9. The maximum absolute atomic E-state index is 12.5. The summed E-state index contributed by atoms with van der Waals surface area (Å²) in [4.78, 5) is 0. The molecule has 108 valence electrons. The summed E-state index contributed by atoms with van der Waals surface area (Å²) in [6, 6.07) is 3.10. The molecule has 0 saturated heterocycles. The van der Waals surface area contributed by atoms with E-state index in [1.54, 1.807) is 7.05 Å². The van der Waals surface area contributed by atoms with Crippen LogP contribution in [0.2, 0.25) is 0 Å². The van der Waals surface area contributed by atoms with Crippen molar-refractivity contribution in [3.63, 3.8) is 0 Å². The third-order valence-electron chi connectivity index (χ3n) is 2.97. The Morgan fingerprint density at radius 2 is 1.89 bits per heavy atom. The van der Waals surface area contributed by atoms with Crippen molar-refractivity contribution in [1.82, 2.24) is 5.32 Å². The van der Waals surface area contributed by atoms with Crippen LogP contribution in [0.25, 0.3) is 0 Å². The third-order valence-corrected chi connectivity index (χ3v) is 2.97. The molecular weight excluding hydrogens is 259 g/mol. The van der Waals surface area contributed by atoms with Gasteiger partial charge in [-0.2, -0.15) is 13.2 Å². The van der Waals surface area contributed by atoms with Crippen molar-refractivity contribution >= 4 is 0 Å². The fourth-order valence-electron chi connectivity index (χ4n) is 1.84. The summed E-state index contributed by atoms with van der Waals surface area (Å²) in [5.41, 5.74) is -0.131. The number of nitrogens with one attached hydrogen (secondary N) is 1. The molecule has 0 saturated carbocycles. The summed E-state index contributed by atoms with van der Waals surface area (Å²) >= 11 is 0. The van der Waals surface area contributed by atoms with Gasteiger partial charge in [0.25, 0.3) is 0 Å². The molecule has 0 aliphatic rings. The second-order valence-electron chi connectivity index (χ2n) is 4.47. The van der Waals surface area contributed by atoms with E-state index in [0.717, 1.165) is 12.1 Å². The molecule has 19 heavy (non-hydrogen) atoms. The number of hydrogen-bond donors (Lipinski definition) is 3. The quantitative estimate of drug-likeness (QED) is 0.772. The molecule has 1 aromatic rings. The molecule has 3 N–H and O–H groups in total. The first-order valence-electron chi connectivity index (χ1n) is 5.96. The molecule has 0 aromatic heterocycles. The van der Waals surface area contributed by atoms with Crippen LogP contribution in [0.5, 0.6) is 0 Å². The zero-order valence-corrected chi connectivity index (χ0v) is 10.8. The zero-order valence-electron chi connectivity index (χ0n) is 10.8. The number of aliphatic hydroxyl groups is 2. The van der Waals surface area contributed by atoms with E-state index in [2.05, 4.69) is 5.32 Å². The van der Waals surface area contributed by atoms with Gasteiger partial charge in [0.2, 0.25) is 0 Å². The van der Waals surface area contributed by atoms with Crippen molar-refractivity contribution in [3.05, 3.63) is 34.9 Å². The number of aryl methyl sites for hydroxylation is 1. The summed E-state index contributed by atoms with van der Waals surface area (Å²) in [5, 5.41) is 22.5. The van der Waals surface area contributed by atoms with Gasteiger partial charge >= 0.3 is 6.18 Å². The van der Waals surface area contributed by atoms with Crippen LogP contribution in [0.3, 0.4) is 0 Å². The molecule has 2 atom stereocenters. The minimum Gasteiger partial charge on any atom is -0.390 e. The lowest BCUT2D eigenvalue weighted by molar-refractivity contribution is -0.137. The lowest BCUT2D eigenvalue weighted by Gasteiger charge is -2.20. The Labute approximate surface area is 110 Å². The maximum atomic E-state index is 12.5. The van der Waals surface area contributed by atoms with Crippen molar-refractivity contribution in [3.8, 4) is 0 Å². The fourth-order valence-corrected chi connectivity index (χ4v) is 1.84. The smallest absolute Gasteiger partial charge is 0.390 e. The maximum Gasteiger partial charge on any atom is 0.416 e. The summed E-state index contributed by atoms with van der Waals surface area (Å²) in [6.07, 6.45) is -6.28. The van der Waals surface area contributed by atoms with Crippen molar-refractivity contribution in [2.75, 3.05) is 13.6 Å². The van der Waals surface area contributed by atoms with Crippen LogP contribution < -0.4 is 5.32 Å². The van der Waals surface area contributed by atoms with E-state index in [9.17, 15) is 23.4 Å². The molecule has 0 heterocycles. The molecule has 0 amide bonds. The van der Waals surface area contributed by atoms with Gasteiger partial charge in [0, 0.05) is 0 Å². The van der Waals surface area contributed by atoms with Gasteiger partial charge in [0.05, 0.1) is 11.7 Å². The number of alkyl halides is 3. The Hall–Kier alpha value is -1.11. The third kappa shape index (κ3) is 4.19. The molecule has 0 aliphatic carbocycles. The molecule has 0 bridgehead atoms. The van der Waals surface area contributed by atoms with Crippen molar-refractivity contribution in [2.45, 2.75) is 31.7 Å². The molecule has 3 nitrogen and oxygen atoms in total. The van der Waals surface area contributed by atoms with Crippen LogP contribution >= 0.6 is 0 Å². The molecule has 0 fully saturated rings. The minimum atomic E-state index is -4.40. The van der Waals surface area contributed by atoms with Crippen LogP contribution in [0.1, 0.15) is 29.2 Å². The van der Waals surface area contributed by atoms with Crippen LogP contribution in [-0.4, -0.2) is 29.9 Å². The Morgan fingerprint density at radius 3 is 2.37 bits per heavy atom. The summed E-state index contributed by atoms with van der Waals surface area (Å²) in [6.45, 7) is 2.00. The minimum absolute atomic E-state index is 0.311. The molecular formula is C13H18F3NO2. The van der Waals surface area contributed by atoms with E-state index in [1.165, 1.54) is 13.0 Å². The SMILES string of the molecule is CNCCC(O)C(O)c1ccc(C(F)(F)F)cc1C. The van der Waals surface area contributed by atoms with Gasteiger partial charge in [-0.25, -0.2) is 0 Å². The lowest BCUT2D eigenvalue weighted by atomic mass is 9.96. The monoisotopic (exact) mass is 277 g/mol. The first-order valence-corrected chi connectivity index (χ1v) is 5.96. The predicted molar refractivity (Wildman–Crippen MR) is 65.7 cm³/mol. The van der Waals surface area contributed by atoms with E-state index >= 15 is 0 Å². The second-order valence-corrected chi connectivity index (χ2v) is 4.47. The van der Waals surface area contributed by atoms with E-state index in [1.807, 2.05) is 0 Å². The van der Waals surface area contributed by atoms with E-state index in [-0.39, 0.29) is 0 Å². The number of rotatable bonds is 5. The Morgan fingerprint density at radius 1 is 1.26 bits per heavy atom. The van der Waals surface area contributed by atoms with Crippen LogP contribution in [0.15, 0.2) is 18.2 Å². The fraction of sp³-hybridized carbons (Fsp3) is 0.538. The number of aliphatic hydroxyl groups excluding tert-OH is 2. The average Bonchev–Trinajstić information content (AvgIpc) is 2.33. The summed E-state index contributed by atoms with van der Waals surface area (Å²) < 4.78 is 37.5. The predicted octanol–water partition coefficient (Wildman–Crippen LogP) is 2.02. The number of benzene rings is 1. The van der Waals surface area contributed by atoms with Crippen LogP contribution in [-0.2, 0) is 6.18 Å². The highest BCUT2D eigenvalue weighted by atomic mass is 19.4. The van der Waals surface area contributed by atoms with Crippen LogP contribution in [0, 0.1) is 6.92 Å². The Kier molecular flexibility index (Phi) is 5.34. The zero-order chi connectivity index (χ0) is 14.6. The van der Waals surface area contributed by atoms with E-state index in [0.29, 0.717) is 24.1 Å². The van der Waals surface area contributed by atoms with Gasteiger partial charge < -0.3 is 15.5 Å². The molecule has 2 unspecified atom stereocenters. The molecule has 0 aliphatic heterocycles. The Balaban J connectivity index is 2.90. The molecule has 0 spiro atoms. The topological polar surface area (TPSA) is 52.5 Å². The van der Waals surface area contributed by atoms with Gasteiger partial charge in [0.15, 0.2) is 0 Å². The number of halogens is 3.